The minimum Gasteiger partial charge on any atom is -0.301 e. The van der Waals surface area contributed by atoms with E-state index in [9.17, 15) is 0 Å². The van der Waals surface area contributed by atoms with Gasteiger partial charge in [0, 0.05) is 6.04 Å². The normalized spacial score (nSPS) is 14.6. The Labute approximate surface area is 97.2 Å². The zero-order valence-electron chi connectivity index (χ0n) is 11.8. The van der Waals surface area contributed by atoms with E-state index in [0.29, 0.717) is 5.41 Å². The van der Waals surface area contributed by atoms with Crippen LogP contribution in [-0.4, -0.2) is 24.0 Å². The van der Waals surface area contributed by atoms with E-state index in [4.69, 9.17) is 0 Å². The van der Waals surface area contributed by atoms with Crippen LogP contribution < -0.4 is 0 Å². The second kappa shape index (κ2) is 7.27. The summed E-state index contributed by atoms with van der Waals surface area (Å²) < 4.78 is 0. The van der Waals surface area contributed by atoms with Gasteiger partial charge in [-0.15, -0.1) is 0 Å². The molecular formula is C14H31N. The van der Waals surface area contributed by atoms with Crippen LogP contribution in [0.25, 0.3) is 0 Å². The van der Waals surface area contributed by atoms with Crippen LogP contribution in [0.2, 0.25) is 0 Å². The lowest BCUT2D eigenvalue weighted by atomic mass is 9.82. The molecule has 1 atom stereocenters. The van der Waals surface area contributed by atoms with Crippen LogP contribution in [0.5, 0.6) is 0 Å². The molecular weight excluding hydrogens is 182 g/mol. The van der Waals surface area contributed by atoms with Gasteiger partial charge in [0.2, 0.25) is 0 Å². The Morgan fingerprint density at radius 3 is 2.00 bits per heavy atom. The second-order valence-electron chi connectivity index (χ2n) is 5.41. The molecule has 1 nitrogen and oxygen atoms in total. The van der Waals surface area contributed by atoms with Crippen molar-refractivity contribution >= 4 is 0 Å². The SMILES string of the molecule is CCCN(CC)C(CC)CC(C)(C)CC. The van der Waals surface area contributed by atoms with E-state index in [1.165, 1.54) is 38.8 Å². The fourth-order valence-corrected chi connectivity index (χ4v) is 2.20. The van der Waals surface area contributed by atoms with E-state index in [0.717, 1.165) is 6.04 Å². The maximum Gasteiger partial charge on any atom is 0.00975 e. The maximum absolute atomic E-state index is 2.65. The minimum absolute atomic E-state index is 0.502. The first kappa shape index (κ1) is 15.0. The summed E-state index contributed by atoms with van der Waals surface area (Å²) in [6.07, 6.45) is 5.19. The molecule has 0 aromatic rings. The highest BCUT2D eigenvalue weighted by molar-refractivity contribution is 4.78. The quantitative estimate of drug-likeness (QED) is 0.580. The minimum atomic E-state index is 0.502. The molecule has 0 rings (SSSR count). The first-order valence-corrected chi connectivity index (χ1v) is 6.74. The molecule has 0 aromatic carbocycles. The van der Waals surface area contributed by atoms with Crippen molar-refractivity contribution in [2.75, 3.05) is 13.1 Å². The lowest BCUT2D eigenvalue weighted by Crippen LogP contribution is -2.38. The molecule has 1 unspecified atom stereocenters. The third kappa shape index (κ3) is 5.55. The van der Waals surface area contributed by atoms with Gasteiger partial charge in [0.05, 0.1) is 0 Å². The molecule has 1 heteroatoms. The molecule has 0 aromatic heterocycles. The Kier molecular flexibility index (Phi) is 7.25. The standard InChI is InChI=1S/C14H31N/c1-7-11-15(10-4)13(8-2)12-14(5,6)9-3/h13H,7-12H2,1-6H3. The summed E-state index contributed by atoms with van der Waals surface area (Å²) in [5, 5.41) is 0. The van der Waals surface area contributed by atoms with Gasteiger partial charge in [0.1, 0.15) is 0 Å². The average molecular weight is 213 g/mol. The van der Waals surface area contributed by atoms with Crippen LogP contribution in [0.3, 0.4) is 0 Å². The first-order valence-electron chi connectivity index (χ1n) is 6.74. The summed E-state index contributed by atoms with van der Waals surface area (Å²) in [4.78, 5) is 2.65. The second-order valence-corrected chi connectivity index (χ2v) is 5.41. The molecule has 92 valence electrons. The fraction of sp³-hybridized carbons (Fsp3) is 1.00. The largest absolute Gasteiger partial charge is 0.301 e. The van der Waals surface area contributed by atoms with Crippen molar-refractivity contribution in [1.82, 2.24) is 4.90 Å². The number of nitrogens with zero attached hydrogens (tertiary/aromatic N) is 1. The Morgan fingerprint density at radius 2 is 1.67 bits per heavy atom. The molecule has 0 saturated carbocycles. The van der Waals surface area contributed by atoms with Crippen molar-refractivity contribution in [3.63, 3.8) is 0 Å². The number of rotatable bonds is 8. The molecule has 15 heavy (non-hydrogen) atoms. The van der Waals surface area contributed by atoms with Crippen LogP contribution in [-0.2, 0) is 0 Å². The third-order valence-electron chi connectivity index (χ3n) is 3.65. The molecule has 0 aliphatic heterocycles. The topological polar surface area (TPSA) is 3.24 Å². The van der Waals surface area contributed by atoms with Crippen LogP contribution in [0.1, 0.15) is 67.2 Å². The smallest absolute Gasteiger partial charge is 0.00975 e. The van der Waals surface area contributed by atoms with Gasteiger partial charge < -0.3 is 4.90 Å². The molecule has 0 aliphatic carbocycles. The van der Waals surface area contributed by atoms with Crippen molar-refractivity contribution in [2.24, 2.45) is 5.41 Å². The Balaban J connectivity index is 4.32. The predicted octanol–water partition coefficient (Wildman–Crippen LogP) is 4.32. The monoisotopic (exact) mass is 213 g/mol. The van der Waals surface area contributed by atoms with Gasteiger partial charge in [0.15, 0.2) is 0 Å². The number of hydrogen-bond acceptors (Lipinski definition) is 1. The number of hydrogen-bond donors (Lipinski definition) is 0. The fourth-order valence-electron chi connectivity index (χ4n) is 2.20. The molecule has 0 N–H and O–H groups in total. The van der Waals surface area contributed by atoms with E-state index < -0.39 is 0 Å². The van der Waals surface area contributed by atoms with Crippen LogP contribution in [0.15, 0.2) is 0 Å². The van der Waals surface area contributed by atoms with E-state index in [1.807, 2.05) is 0 Å². The Morgan fingerprint density at radius 1 is 1.07 bits per heavy atom. The van der Waals surface area contributed by atoms with Crippen LogP contribution >= 0.6 is 0 Å². The summed E-state index contributed by atoms with van der Waals surface area (Å²) >= 11 is 0. The Hall–Kier alpha value is -0.0400. The van der Waals surface area contributed by atoms with Gasteiger partial charge in [-0.25, -0.2) is 0 Å². The molecule has 0 saturated heterocycles. The molecule has 0 heterocycles. The lowest BCUT2D eigenvalue weighted by molar-refractivity contribution is 0.140. The van der Waals surface area contributed by atoms with Gasteiger partial charge in [-0.2, -0.15) is 0 Å². The highest BCUT2D eigenvalue weighted by Gasteiger charge is 2.23. The van der Waals surface area contributed by atoms with Gasteiger partial charge in [-0.1, -0.05) is 48.0 Å². The zero-order chi connectivity index (χ0) is 11.9. The summed E-state index contributed by atoms with van der Waals surface area (Å²) in [5.74, 6) is 0. The van der Waals surface area contributed by atoms with Crippen molar-refractivity contribution in [3.8, 4) is 0 Å². The van der Waals surface area contributed by atoms with Gasteiger partial charge >= 0.3 is 0 Å². The zero-order valence-corrected chi connectivity index (χ0v) is 11.8. The van der Waals surface area contributed by atoms with Crippen molar-refractivity contribution in [1.29, 1.82) is 0 Å². The van der Waals surface area contributed by atoms with Gasteiger partial charge in [0.25, 0.3) is 0 Å². The first-order chi connectivity index (χ1) is 7.00. The Bertz CT molecular complexity index is 151. The highest BCUT2D eigenvalue weighted by Crippen LogP contribution is 2.29. The lowest BCUT2D eigenvalue weighted by Gasteiger charge is -2.35. The molecule has 0 bridgehead atoms. The van der Waals surface area contributed by atoms with Gasteiger partial charge in [-0.05, 0) is 37.8 Å². The van der Waals surface area contributed by atoms with Gasteiger partial charge in [-0.3, -0.25) is 0 Å². The average Bonchev–Trinajstić information content (AvgIpc) is 2.23. The van der Waals surface area contributed by atoms with Crippen LogP contribution in [0.4, 0.5) is 0 Å². The molecule has 0 amide bonds. The molecule has 0 aliphatic rings. The van der Waals surface area contributed by atoms with E-state index >= 15 is 0 Å². The molecule has 0 spiro atoms. The third-order valence-corrected chi connectivity index (χ3v) is 3.65. The van der Waals surface area contributed by atoms with Crippen molar-refractivity contribution in [2.45, 2.75) is 73.3 Å². The maximum atomic E-state index is 2.65. The van der Waals surface area contributed by atoms with Crippen LogP contribution in [0, 0.1) is 5.41 Å². The summed E-state index contributed by atoms with van der Waals surface area (Å²) in [6, 6.07) is 0.782. The summed E-state index contributed by atoms with van der Waals surface area (Å²) in [6.45, 7) is 16.5. The predicted molar refractivity (Wildman–Crippen MR) is 70.3 cm³/mol. The van der Waals surface area contributed by atoms with E-state index in [1.54, 1.807) is 0 Å². The van der Waals surface area contributed by atoms with Crippen molar-refractivity contribution in [3.05, 3.63) is 0 Å². The van der Waals surface area contributed by atoms with Crippen molar-refractivity contribution < 1.29 is 0 Å². The highest BCUT2D eigenvalue weighted by atomic mass is 15.1. The van der Waals surface area contributed by atoms with E-state index in [2.05, 4.69) is 46.4 Å². The summed E-state index contributed by atoms with van der Waals surface area (Å²) in [5.41, 5.74) is 0.502. The summed E-state index contributed by atoms with van der Waals surface area (Å²) in [7, 11) is 0. The van der Waals surface area contributed by atoms with E-state index in [-0.39, 0.29) is 0 Å². The molecule has 0 radical (unpaired) electrons. The molecule has 0 fully saturated rings.